The zero-order valence-corrected chi connectivity index (χ0v) is 12.7. The van der Waals surface area contributed by atoms with E-state index in [9.17, 15) is 0 Å². The minimum Gasteiger partial charge on any atom is -0.131 e. The summed E-state index contributed by atoms with van der Waals surface area (Å²) in [6, 6.07) is 0. The molecule has 1 unspecified atom stereocenters. The second-order valence-electron chi connectivity index (χ2n) is 3.73. The molecule has 5 heteroatoms. The molecule has 0 saturated carbocycles. The number of hydrogen-bond donors (Lipinski definition) is 0. The van der Waals surface area contributed by atoms with Crippen LogP contribution in [-0.4, -0.2) is 21.2 Å². The van der Waals surface area contributed by atoms with Crippen molar-refractivity contribution >= 4 is 34.9 Å². The summed E-state index contributed by atoms with van der Waals surface area (Å²) in [5, 5.41) is 9.07. The van der Waals surface area contributed by atoms with E-state index < -0.39 is 0 Å². The van der Waals surface area contributed by atoms with Crippen molar-refractivity contribution in [2.75, 3.05) is 5.75 Å². The molecule has 0 aliphatic carbocycles. The summed E-state index contributed by atoms with van der Waals surface area (Å²) in [6.45, 7) is 6.68. The molecule has 0 fully saturated rings. The van der Waals surface area contributed by atoms with Gasteiger partial charge < -0.3 is 0 Å². The van der Waals surface area contributed by atoms with Crippen molar-refractivity contribution in [2.24, 2.45) is 0 Å². The van der Waals surface area contributed by atoms with Gasteiger partial charge in [0.15, 0.2) is 8.68 Å². The fraction of sp³-hybridized carbons (Fsp3) is 0.818. The van der Waals surface area contributed by atoms with Crippen LogP contribution in [0.4, 0.5) is 0 Å². The van der Waals surface area contributed by atoms with E-state index in [2.05, 4.69) is 31.0 Å². The zero-order valence-electron chi connectivity index (χ0n) is 10.2. The first kappa shape index (κ1) is 14.3. The van der Waals surface area contributed by atoms with E-state index in [0.29, 0.717) is 5.25 Å². The second-order valence-corrected chi connectivity index (χ2v) is 7.73. The van der Waals surface area contributed by atoms with Crippen LogP contribution in [0.3, 0.4) is 0 Å². The fourth-order valence-corrected chi connectivity index (χ4v) is 4.41. The molecule has 0 aliphatic rings. The van der Waals surface area contributed by atoms with Crippen LogP contribution in [0.25, 0.3) is 0 Å². The van der Waals surface area contributed by atoms with Crippen molar-refractivity contribution < 1.29 is 0 Å². The minimum atomic E-state index is 0.644. The minimum absolute atomic E-state index is 0.644. The van der Waals surface area contributed by atoms with Crippen LogP contribution in [-0.2, 0) is 0 Å². The summed E-state index contributed by atoms with van der Waals surface area (Å²) < 4.78 is 2.24. The normalized spacial score (nSPS) is 12.9. The average molecular weight is 276 g/mol. The molecule has 0 aromatic carbocycles. The molecule has 1 rings (SSSR count). The standard InChI is InChI=1S/C11H20N2S3/c1-4-6-7-8-14-10-12-13-11(16-10)15-9(3)5-2/h9H,4-8H2,1-3H3. The smallest absolute Gasteiger partial charge is 0.131 e. The first-order valence-electron chi connectivity index (χ1n) is 5.89. The maximum absolute atomic E-state index is 4.21. The van der Waals surface area contributed by atoms with Gasteiger partial charge in [0, 0.05) is 11.0 Å². The van der Waals surface area contributed by atoms with Crippen molar-refractivity contribution in [3.8, 4) is 0 Å². The summed E-state index contributed by atoms with van der Waals surface area (Å²) in [4.78, 5) is 0. The van der Waals surface area contributed by atoms with Crippen LogP contribution in [0, 0.1) is 0 Å². The number of thioether (sulfide) groups is 2. The molecule has 1 atom stereocenters. The Morgan fingerprint density at radius 3 is 2.62 bits per heavy atom. The van der Waals surface area contributed by atoms with Gasteiger partial charge in [0.25, 0.3) is 0 Å². The molecule has 1 aromatic rings. The van der Waals surface area contributed by atoms with Gasteiger partial charge in [-0.15, -0.1) is 10.2 Å². The maximum Gasteiger partial charge on any atom is 0.175 e. The molecule has 0 aliphatic heterocycles. The van der Waals surface area contributed by atoms with Crippen LogP contribution in [0.1, 0.15) is 46.5 Å². The molecule has 0 radical (unpaired) electrons. The summed E-state index contributed by atoms with van der Waals surface area (Å²) in [5.41, 5.74) is 0. The van der Waals surface area contributed by atoms with Gasteiger partial charge in [-0.1, -0.05) is 68.5 Å². The Kier molecular flexibility index (Phi) is 7.49. The highest BCUT2D eigenvalue weighted by Gasteiger charge is 2.08. The van der Waals surface area contributed by atoms with Crippen molar-refractivity contribution in [1.82, 2.24) is 10.2 Å². The van der Waals surface area contributed by atoms with Crippen molar-refractivity contribution in [2.45, 2.75) is 60.4 Å². The first-order valence-corrected chi connectivity index (χ1v) is 8.57. The molecule has 1 heterocycles. The zero-order chi connectivity index (χ0) is 11.8. The number of rotatable bonds is 8. The number of nitrogens with zero attached hydrogens (tertiary/aromatic N) is 2. The summed E-state index contributed by atoms with van der Waals surface area (Å²) >= 11 is 5.43. The van der Waals surface area contributed by atoms with Crippen LogP contribution < -0.4 is 0 Å². The average Bonchev–Trinajstić information content (AvgIpc) is 2.72. The molecule has 16 heavy (non-hydrogen) atoms. The fourth-order valence-electron chi connectivity index (χ4n) is 1.07. The maximum atomic E-state index is 4.21. The van der Waals surface area contributed by atoms with Crippen LogP contribution in [0.15, 0.2) is 8.68 Å². The third-order valence-corrected chi connectivity index (χ3v) is 5.73. The van der Waals surface area contributed by atoms with E-state index in [1.807, 2.05) is 23.5 Å². The largest absolute Gasteiger partial charge is 0.175 e. The van der Waals surface area contributed by atoms with Crippen LogP contribution in [0.5, 0.6) is 0 Å². The lowest BCUT2D eigenvalue weighted by Crippen LogP contribution is -1.90. The lowest BCUT2D eigenvalue weighted by molar-refractivity contribution is 0.778. The van der Waals surface area contributed by atoms with E-state index in [-0.39, 0.29) is 0 Å². The molecule has 0 amide bonds. The lowest BCUT2D eigenvalue weighted by atomic mass is 10.3. The Morgan fingerprint density at radius 2 is 1.94 bits per heavy atom. The van der Waals surface area contributed by atoms with Crippen molar-refractivity contribution in [1.29, 1.82) is 0 Å². The number of unbranched alkanes of at least 4 members (excludes halogenated alkanes) is 2. The van der Waals surface area contributed by atoms with Gasteiger partial charge in [-0.25, -0.2) is 0 Å². The quantitative estimate of drug-likeness (QED) is 0.507. The summed E-state index contributed by atoms with van der Waals surface area (Å²) in [7, 11) is 0. The van der Waals surface area contributed by atoms with Crippen molar-refractivity contribution in [3.05, 3.63) is 0 Å². The van der Waals surface area contributed by atoms with Gasteiger partial charge in [-0.3, -0.25) is 0 Å². The highest BCUT2D eigenvalue weighted by molar-refractivity contribution is 8.03. The number of hydrogen-bond acceptors (Lipinski definition) is 5. The van der Waals surface area contributed by atoms with E-state index in [4.69, 9.17) is 0 Å². The summed E-state index contributed by atoms with van der Waals surface area (Å²) in [5.74, 6) is 1.18. The highest BCUT2D eigenvalue weighted by Crippen LogP contribution is 2.32. The SMILES string of the molecule is CCCCCSc1nnc(SC(C)CC)s1. The predicted molar refractivity (Wildman–Crippen MR) is 75.8 cm³/mol. The van der Waals surface area contributed by atoms with Gasteiger partial charge in [0.2, 0.25) is 0 Å². The topological polar surface area (TPSA) is 25.8 Å². The Morgan fingerprint density at radius 1 is 1.19 bits per heavy atom. The third kappa shape index (κ3) is 5.55. The Bertz CT molecular complexity index is 289. The third-order valence-electron chi connectivity index (χ3n) is 2.24. The predicted octanol–water partition coefficient (Wildman–Crippen LogP) is 4.71. The first-order chi connectivity index (χ1) is 7.76. The molecule has 92 valence electrons. The number of aromatic nitrogens is 2. The molecule has 1 aromatic heterocycles. The molecule has 0 N–H and O–H groups in total. The molecular formula is C11H20N2S3. The second kappa shape index (κ2) is 8.37. The van der Waals surface area contributed by atoms with Gasteiger partial charge >= 0.3 is 0 Å². The molecule has 2 nitrogen and oxygen atoms in total. The molecule has 0 bridgehead atoms. The Balaban J connectivity index is 2.28. The van der Waals surface area contributed by atoms with Gasteiger partial charge in [-0.2, -0.15) is 0 Å². The van der Waals surface area contributed by atoms with Gasteiger partial charge in [0.05, 0.1) is 0 Å². The van der Waals surface area contributed by atoms with E-state index in [0.717, 1.165) is 8.68 Å². The van der Waals surface area contributed by atoms with E-state index in [1.165, 1.54) is 31.4 Å². The molecule has 0 spiro atoms. The lowest BCUT2D eigenvalue weighted by Gasteiger charge is -2.02. The van der Waals surface area contributed by atoms with E-state index >= 15 is 0 Å². The highest BCUT2D eigenvalue weighted by atomic mass is 32.2. The monoisotopic (exact) mass is 276 g/mol. The molecule has 0 saturated heterocycles. The van der Waals surface area contributed by atoms with Crippen LogP contribution >= 0.6 is 34.9 Å². The van der Waals surface area contributed by atoms with Gasteiger partial charge in [0.1, 0.15) is 0 Å². The Hall–Kier alpha value is 0.260. The van der Waals surface area contributed by atoms with Crippen molar-refractivity contribution in [3.63, 3.8) is 0 Å². The van der Waals surface area contributed by atoms with E-state index in [1.54, 1.807) is 11.3 Å². The van der Waals surface area contributed by atoms with Crippen LogP contribution in [0.2, 0.25) is 0 Å². The Labute approximate surface area is 111 Å². The van der Waals surface area contributed by atoms with Gasteiger partial charge in [-0.05, 0) is 12.8 Å². The summed E-state index contributed by atoms with van der Waals surface area (Å²) in [6.07, 6.45) is 5.07. The molecular weight excluding hydrogens is 256 g/mol.